The molecular formula is C24H30N2O2. The lowest BCUT2D eigenvalue weighted by Crippen LogP contribution is -2.73. The molecule has 2 bridgehead atoms. The molecule has 1 aromatic carbocycles. The number of hydrogen-bond donors (Lipinski definition) is 3. The van der Waals surface area contributed by atoms with E-state index in [1.165, 1.54) is 16.7 Å². The van der Waals surface area contributed by atoms with E-state index in [1.807, 2.05) is 6.92 Å². The highest BCUT2D eigenvalue weighted by atomic mass is 16.3. The van der Waals surface area contributed by atoms with Gasteiger partial charge in [-0.2, -0.15) is 0 Å². The summed E-state index contributed by atoms with van der Waals surface area (Å²) < 4.78 is 0. The first-order chi connectivity index (χ1) is 13.4. The van der Waals surface area contributed by atoms with E-state index in [1.54, 1.807) is 0 Å². The van der Waals surface area contributed by atoms with Crippen molar-refractivity contribution in [2.75, 3.05) is 6.54 Å². The first-order valence-corrected chi connectivity index (χ1v) is 10.6. The number of fused-ring (bicyclic) bond motifs is 2. The summed E-state index contributed by atoms with van der Waals surface area (Å²) in [6, 6.07) is 8.69. The Morgan fingerprint density at radius 3 is 2.86 bits per heavy atom. The maximum Gasteiger partial charge on any atom is 0.179 e. The van der Waals surface area contributed by atoms with Crippen molar-refractivity contribution in [3.63, 3.8) is 0 Å². The molecule has 0 spiro atoms. The van der Waals surface area contributed by atoms with Crippen molar-refractivity contribution in [3.8, 4) is 0 Å². The topological polar surface area (TPSA) is 65.1 Å². The van der Waals surface area contributed by atoms with E-state index in [2.05, 4.69) is 48.4 Å². The Kier molecular flexibility index (Phi) is 3.91. The molecule has 2 heterocycles. The number of nitrogens with one attached hydrogen (secondary N) is 2. The first kappa shape index (κ1) is 18.1. The minimum Gasteiger partial charge on any atom is -0.387 e. The molecule has 1 fully saturated rings. The molecule has 0 radical (unpaired) electrons. The van der Waals surface area contributed by atoms with Crippen molar-refractivity contribution in [2.24, 2.45) is 5.92 Å². The van der Waals surface area contributed by atoms with Crippen molar-refractivity contribution in [1.82, 2.24) is 10.3 Å². The van der Waals surface area contributed by atoms with Crippen LogP contribution in [0.25, 0.3) is 0 Å². The molecule has 3 atom stereocenters. The van der Waals surface area contributed by atoms with Gasteiger partial charge >= 0.3 is 0 Å². The lowest BCUT2D eigenvalue weighted by Gasteiger charge is -2.60. The van der Waals surface area contributed by atoms with Crippen LogP contribution in [0.2, 0.25) is 0 Å². The predicted octanol–water partition coefficient (Wildman–Crippen LogP) is 3.24. The number of aromatic amines is 1. The van der Waals surface area contributed by atoms with E-state index in [4.69, 9.17) is 0 Å². The van der Waals surface area contributed by atoms with Crippen molar-refractivity contribution < 1.29 is 9.90 Å². The van der Waals surface area contributed by atoms with Gasteiger partial charge in [0.2, 0.25) is 0 Å². The van der Waals surface area contributed by atoms with Gasteiger partial charge in [-0.15, -0.1) is 0 Å². The van der Waals surface area contributed by atoms with Gasteiger partial charge in [-0.3, -0.25) is 4.79 Å². The monoisotopic (exact) mass is 378 g/mol. The van der Waals surface area contributed by atoms with Gasteiger partial charge in [-0.05, 0) is 54.5 Å². The van der Waals surface area contributed by atoms with Crippen LogP contribution in [-0.2, 0) is 24.7 Å². The Bertz CT molecular complexity index is 960. The van der Waals surface area contributed by atoms with Crippen LogP contribution < -0.4 is 5.32 Å². The predicted molar refractivity (Wildman–Crippen MR) is 110 cm³/mol. The van der Waals surface area contributed by atoms with Crippen LogP contribution in [0.5, 0.6) is 0 Å². The highest BCUT2D eigenvalue weighted by Crippen LogP contribution is 2.55. The second kappa shape index (κ2) is 6.04. The normalized spacial score (nSPS) is 30.5. The fourth-order valence-corrected chi connectivity index (χ4v) is 6.21. The average Bonchev–Trinajstić information content (AvgIpc) is 2.94. The minimum absolute atomic E-state index is 0.0633. The largest absolute Gasteiger partial charge is 0.387 e. The summed E-state index contributed by atoms with van der Waals surface area (Å²) in [5.74, 6) is 0.531. The smallest absolute Gasteiger partial charge is 0.179 e. The van der Waals surface area contributed by atoms with E-state index >= 15 is 0 Å². The number of benzene rings is 1. The van der Waals surface area contributed by atoms with Crippen molar-refractivity contribution in [3.05, 3.63) is 57.9 Å². The molecule has 3 unspecified atom stereocenters. The molecule has 2 aliphatic carbocycles. The standard InChI is InChI=1S/C24H30N2O2/c1-14(2)10-20(27)22-15(3)17-12-24(28)21-11-16-6-4-5-7-18(16)23(24,8-9-25-21)13-19(17)26-22/h4-7,14,21,25-26,28H,8-13H2,1-3H3. The molecule has 1 aromatic heterocycles. The van der Waals surface area contributed by atoms with E-state index < -0.39 is 5.60 Å². The third-order valence-corrected chi connectivity index (χ3v) is 7.57. The van der Waals surface area contributed by atoms with Crippen LogP contribution in [0.3, 0.4) is 0 Å². The lowest BCUT2D eigenvalue weighted by molar-refractivity contribution is -0.106. The Morgan fingerprint density at radius 2 is 2.07 bits per heavy atom. The summed E-state index contributed by atoms with van der Waals surface area (Å²) in [6.07, 6.45) is 3.74. The zero-order valence-corrected chi connectivity index (χ0v) is 17.1. The van der Waals surface area contributed by atoms with Gasteiger partial charge in [0, 0.05) is 36.4 Å². The van der Waals surface area contributed by atoms with Gasteiger partial charge in [0.15, 0.2) is 5.78 Å². The first-order valence-electron chi connectivity index (χ1n) is 10.6. The van der Waals surface area contributed by atoms with Crippen LogP contribution in [0.1, 0.15) is 65.1 Å². The molecule has 4 nitrogen and oxygen atoms in total. The number of carbonyl (C=O) groups excluding carboxylic acids is 1. The number of carbonyl (C=O) groups is 1. The number of Topliss-reactive ketones (excluding diaryl/α,β-unsaturated/α-hetero) is 1. The molecule has 148 valence electrons. The van der Waals surface area contributed by atoms with Gasteiger partial charge in [-0.25, -0.2) is 0 Å². The molecule has 28 heavy (non-hydrogen) atoms. The lowest BCUT2D eigenvalue weighted by atomic mass is 9.50. The molecule has 3 aliphatic rings. The number of piperidine rings is 1. The van der Waals surface area contributed by atoms with Crippen LogP contribution in [0.4, 0.5) is 0 Å². The number of aromatic nitrogens is 1. The van der Waals surface area contributed by atoms with Gasteiger partial charge in [-0.1, -0.05) is 38.1 Å². The summed E-state index contributed by atoms with van der Waals surface area (Å²) in [7, 11) is 0. The molecule has 5 rings (SSSR count). The Hall–Kier alpha value is -1.91. The fourth-order valence-electron chi connectivity index (χ4n) is 6.21. The van der Waals surface area contributed by atoms with Crippen LogP contribution in [0, 0.1) is 12.8 Å². The zero-order valence-electron chi connectivity index (χ0n) is 17.1. The van der Waals surface area contributed by atoms with Crippen LogP contribution in [-0.4, -0.2) is 34.1 Å². The number of H-pyrrole nitrogens is 1. The number of ketones is 1. The molecule has 0 amide bonds. The van der Waals surface area contributed by atoms with Gasteiger partial charge in [0.1, 0.15) is 0 Å². The van der Waals surface area contributed by atoms with Gasteiger partial charge < -0.3 is 15.4 Å². The Balaban J connectivity index is 1.65. The molecule has 4 heteroatoms. The Morgan fingerprint density at radius 1 is 1.29 bits per heavy atom. The molecule has 1 aliphatic heterocycles. The number of hydrogen-bond acceptors (Lipinski definition) is 3. The highest BCUT2D eigenvalue weighted by molar-refractivity contribution is 5.96. The maximum absolute atomic E-state index is 12.8. The van der Waals surface area contributed by atoms with Crippen LogP contribution >= 0.6 is 0 Å². The second-order valence-electron chi connectivity index (χ2n) is 9.58. The summed E-state index contributed by atoms with van der Waals surface area (Å²) in [5.41, 5.74) is 5.70. The van der Waals surface area contributed by atoms with Crippen LogP contribution in [0.15, 0.2) is 24.3 Å². The number of aliphatic hydroxyl groups is 1. The van der Waals surface area contributed by atoms with E-state index in [0.717, 1.165) is 42.8 Å². The summed E-state index contributed by atoms with van der Waals surface area (Å²) in [4.78, 5) is 16.3. The highest BCUT2D eigenvalue weighted by Gasteiger charge is 2.62. The molecule has 2 aromatic rings. The molecular weight excluding hydrogens is 348 g/mol. The number of rotatable bonds is 3. The van der Waals surface area contributed by atoms with Gasteiger partial charge in [0.05, 0.1) is 11.3 Å². The summed E-state index contributed by atoms with van der Waals surface area (Å²) in [6.45, 7) is 7.13. The third-order valence-electron chi connectivity index (χ3n) is 7.57. The molecule has 3 N–H and O–H groups in total. The second-order valence-corrected chi connectivity index (χ2v) is 9.58. The summed E-state index contributed by atoms with van der Waals surface area (Å²) in [5, 5.41) is 15.7. The van der Waals surface area contributed by atoms with Gasteiger partial charge in [0.25, 0.3) is 0 Å². The maximum atomic E-state index is 12.8. The molecule has 0 saturated carbocycles. The average molecular weight is 379 g/mol. The quantitative estimate of drug-likeness (QED) is 0.719. The Labute approximate surface area is 166 Å². The van der Waals surface area contributed by atoms with E-state index in [0.29, 0.717) is 18.8 Å². The summed E-state index contributed by atoms with van der Waals surface area (Å²) >= 11 is 0. The minimum atomic E-state index is -0.808. The molecule has 1 saturated heterocycles. The SMILES string of the molecule is Cc1c(C(=O)CC(C)C)[nH]c2c1CC1(O)C3Cc4ccccc4C1(CCN3)C2. The fraction of sp³-hybridized carbons (Fsp3) is 0.542. The van der Waals surface area contributed by atoms with Crippen molar-refractivity contribution >= 4 is 5.78 Å². The van der Waals surface area contributed by atoms with E-state index in [-0.39, 0.29) is 17.2 Å². The third kappa shape index (κ3) is 2.28. The van der Waals surface area contributed by atoms with E-state index in [9.17, 15) is 9.90 Å². The zero-order chi connectivity index (χ0) is 19.7. The van der Waals surface area contributed by atoms with Crippen molar-refractivity contribution in [2.45, 2.75) is 69.9 Å². The van der Waals surface area contributed by atoms with Crippen molar-refractivity contribution in [1.29, 1.82) is 0 Å².